The molecule has 2 aliphatic heterocycles. The third kappa shape index (κ3) is 5.06. The summed E-state index contributed by atoms with van der Waals surface area (Å²) in [6.45, 7) is 0.971. The van der Waals surface area contributed by atoms with Crippen LogP contribution in [0.3, 0.4) is 0 Å². The lowest BCUT2D eigenvalue weighted by Gasteiger charge is -2.37. The Labute approximate surface area is 210 Å². The summed E-state index contributed by atoms with van der Waals surface area (Å²) in [5.41, 5.74) is 0.628. The Hall–Kier alpha value is -2.93. The first-order valence-corrected chi connectivity index (χ1v) is 13.0. The first-order valence-electron chi connectivity index (χ1n) is 12.6. The molecule has 184 valence electrons. The minimum Gasteiger partial charge on any atom is -0.340 e. The van der Waals surface area contributed by atoms with E-state index in [0.717, 1.165) is 32.1 Å². The Kier molecular flexibility index (Phi) is 7.04. The van der Waals surface area contributed by atoms with Gasteiger partial charge in [0, 0.05) is 30.9 Å². The number of anilines is 1. The molecule has 8 heteroatoms. The smallest absolute Gasteiger partial charge is 0.254 e. The highest BCUT2D eigenvalue weighted by Gasteiger charge is 2.49. The van der Waals surface area contributed by atoms with Crippen LogP contribution in [0.4, 0.5) is 5.82 Å². The number of carbonyl (C=O) groups is 3. The van der Waals surface area contributed by atoms with E-state index in [-0.39, 0.29) is 29.7 Å². The van der Waals surface area contributed by atoms with E-state index in [4.69, 9.17) is 11.6 Å². The van der Waals surface area contributed by atoms with E-state index in [1.165, 1.54) is 6.20 Å². The number of amides is 3. The van der Waals surface area contributed by atoms with Crippen molar-refractivity contribution in [1.82, 2.24) is 14.8 Å². The van der Waals surface area contributed by atoms with Crippen molar-refractivity contribution in [2.45, 2.75) is 57.0 Å². The molecule has 1 aliphatic carbocycles. The Bertz CT molecular complexity index is 1080. The molecular weight excluding hydrogens is 464 g/mol. The number of nitrogens with zero attached hydrogens (tertiary/aromatic N) is 3. The molecule has 1 N–H and O–H groups in total. The van der Waals surface area contributed by atoms with E-state index >= 15 is 0 Å². The van der Waals surface area contributed by atoms with Gasteiger partial charge in [0.15, 0.2) is 0 Å². The second kappa shape index (κ2) is 10.4. The molecule has 3 amide bonds. The van der Waals surface area contributed by atoms with Crippen LogP contribution in [0, 0.1) is 11.8 Å². The summed E-state index contributed by atoms with van der Waals surface area (Å²) in [6, 6.07) is 12.3. The molecule has 0 bridgehead atoms. The van der Waals surface area contributed by atoms with Crippen LogP contribution in [-0.2, 0) is 9.59 Å². The molecule has 3 heterocycles. The monoisotopic (exact) mass is 494 g/mol. The molecule has 4 unspecified atom stereocenters. The van der Waals surface area contributed by atoms with E-state index in [9.17, 15) is 14.4 Å². The number of aromatic nitrogens is 1. The Balaban J connectivity index is 1.31. The first-order chi connectivity index (χ1) is 17.0. The molecule has 1 aromatic heterocycles. The number of hydrogen-bond donors (Lipinski definition) is 1. The zero-order valence-corrected chi connectivity index (χ0v) is 20.5. The number of hydrogen-bond acceptors (Lipinski definition) is 4. The first kappa shape index (κ1) is 23.8. The van der Waals surface area contributed by atoms with E-state index in [1.807, 2.05) is 35.2 Å². The molecule has 1 saturated carbocycles. The largest absolute Gasteiger partial charge is 0.340 e. The molecule has 0 spiro atoms. The quantitative estimate of drug-likeness (QED) is 0.683. The number of nitrogens with one attached hydrogen (secondary N) is 1. The van der Waals surface area contributed by atoms with Crippen LogP contribution < -0.4 is 5.32 Å². The number of benzene rings is 1. The average molecular weight is 495 g/mol. The van der Waals surface area contributed by atoms with Crippen molar-refractivity contribution in [3.05, 3.63) is 59.2 Å². The Morgan fingerprint density at radius 3 is 2.54 bits per heavy atom. The van der Waals surface area contributed by atoms with Crippen LogP contribution in [0.25, 0.3) is 0 Å². The van der Waals surface area contributed by atoms with Gasteiger partial charge in [0.25, 0.3) is 5.91 Å². The van der Waals surface area contributed by atoms with Crippen molar-refractivity contribution >= 4 is 35.1 Å². The van der Waals surface area contributed by atoms with Gasteiger partial charge in [0.1, 0.15) is 11.9 Å². The number of carbonyl (C=O) groups excluding carboxylic acids is 3. The van der Waals surface area contributed by atoms with Crippen molar-refractivity contribution in [3.8, 4) is 0 Å². The SMILES string of the molecule is O=C(Nc1ccc(Cl)cn1)C1CCCN(C(=O)C2CC3CCCCC3N2C(=O)c2ccccc2)C1. The van der Waals surface area contributed by atoms with Crippen LogP contribution in [0.1, 0.15) is 55.3 Å². The maximum atomic E-state index is 13.8. The van der Waals surface area contributed by atoms with Crippen LogP contribution in [0.5, 0.6) is 0 Å². The fourth-order valence-corrected chi connectivity index (χ4v) is 6.09. The standard InChI is InChI=1S/C27H31ClN4O3/c28-21-12-13-24(29-16-21)30-25(33)20-10-6-14-31(17-20)27(35)23-15-19-9-4-5-11-22(19)32(23)26(34)18-7-2-1-3-8-18/h1-3,7-8,12-13,16,19-20,22-23H,4-6,9-11,14-15,17H2,(H,29,30,33). The van der Waals surface area contributed by atoms with Gasteiger partial charge in [0.2, 0.25) is 11.8 Å². The van der Waals surface area contributed by atoms with Gasteiger partial charge in [-0.25, -0.2) is 4.98 Å². The number of likely N-dealkylation sites (tertiary alicyclic amines) is 2. The van der Waals surface area contributed by atoms with Crippen molar-refractivity contribution < 1.29 is 14.4 Å². The van der Waals surface area contributed by atoms with Gasteiger partial charge in [-0.1, -0.05) is 42.6 Å². The minimum atomic E-state index is -0.462. The van der Waals surface area contributed by atoms with Crippen molar-refractivity contribution in [3.63, 3.8) is 0 Å². The van der Waals surface area contributed by atoms with Crippen LogP contribution >= 0.6 is 11.6 Å². The maximum Gasteiger partial charge on any atom is 0.254 e. The van der Waals surface area contributed by atoms with Crippen LogP contribution in [0.15, 0.2) is 48.7 Å². The molecular formula is C27H31ClN4O3. The third-order valence-corrected chi connectivity index (χ3v) is 7.93. The summed E-state index contributed by atoms with van der Waals surface area (Å²) in [4.78, 5) is 48.1. The number of piperidine rings is 1. The second-order valence-electron chi connectivity index (χ2n) is 9.92. The fourth-order valence-electron chi connectivity index (χ4n) is 5.98. The predicted molar refractivity (Wildman–Crippen MR) is 134 cm³/mol. The summed E-state index contributed by atoms with van der Waals surface area (Å²) >= 11 is 5.88. The number of fused-ring (bicyclic) bond motifs is 1. The van der Waals surface area contributed by atoms with Gasteiger partial charge >= 0.3 is 0 Å². The number of pyridine rings is 1. The molecule has 1 aromatic carbocycles. The summed E-state index contributed by atoms with van der Waals surface area (Å²) in [5.74, 6) is 0.276. The lowest BCUT2D eigenvalue weighted by Crippen LogP contribution is -2.53. The van der Waals surface area contributed by atoms with E-state index in [0.29, 0.717) is 48.3 Å². The van der Waals surface area contributed by atoms with Gasteiger partial charge in [-0.05, 0) is 62.3 Å². The fraction of sp³-hybridized carbons (Fsp3) is 0.481. The molecule has 5 rings (SSSR count). The molecule has 3 fully saturated rings. The molecule has 4 atom stereocenters. The van der Waals surface area contributed by atoms with E-state index < -0.39 is 6.04 Å². The summed E-state index contributed by atoms with van der Waals surface area (Å²) in [7, 11) is 0. The minimum absolute atomic E-state index is 0.0224. The molecule has 35 heavy (non-hydrogen) atoms. The Morgan fingerprint density at radius 1 is 0.971 bits per heavy atom. The van der Waals surface area contributed by atoms with Crippen molar-refractivity contribution in [1.29, 1.82) is 0 Å². The highest BCUT2D eigenvalue weighted by atomic mass is 35.5. The maximum absolute atomic E-state index is 13.8. The summed E-state index contributed by atoms with van der Waals surface area (Å²) in [5, 5.41) is 3.35. The topological polar surface area (TPSA) is 82.6 Å². The lowest BCUT2D eigenvalue weighted by atomic mass is 9.84. The van der Waals surface area contributed by atoms with Crippen LogP contribution in [-0.4, -0.2) is 57.7 Å². The number of rotatable bonds is 4. The normalized spacial score (nSPS) is 26.2. The van der Waals surface area contributed by atoms with E-state index in [1.54, 1.807) is 17.0 Å². The van der Waals surface area contributed by atoms with Gasteiger partial charge in [0.05, 0.1) is 10.9 Å². The van der Waals surface area contributed by atoms with Crippen molar-refractivity contribution in [2.24, 2.45) is 11.8 Å². The predicted octanol–water partition coefficient (Wildman–Crippen LogP) is 4.39. The third-order valence-electron chi connectivity index (χ3n) is 7.71. The summed E-state index contributed by atoms with van der Waals surface area (Å²) in [6.07, 6.45) is 7.93. The van der Waals surface area contributed by atoms with Gasteiger partial charge in [-0.2, -0.15) is 0 Å². The molecule has 0 radical (unpaired) electrons. The lowest BCUT2D eigenvalue weighted by molar-refractivity contribution is -0.138. The van der Waals surface area contributed by atoms with Crippen LogP contribution in [0.2, 0.25) is 5.02 Å². The second-order valence-corrected chi connectivity index (χ2v) is 10.4. The molecule has 2 aromatic rings. The van der Waals surface area contributed by atoms with Gasteiger partial charge in [-0.3, -0.25) is 14.4 Å². The van der Waals surface area contributed by atoms with Gasteiger partial charge < -0.3 is 15.1 Å². The summed E-state index contributed by atoms with van der Waals surface area (Å²) < 4.78 is 0. The highest BCUT2D eigenvalue weighted by Crippen LogP contribution is 2.41. The Morgan fingerprint density at radius 2 is 1.77 bits per heavy atom. The average Bonchev–Trinajstić information content (AvgIpc) is 3.29. The molecule has 3 aliphatic rings. The molecule has 2 saturated heterocycles. The highest BCUT2D eigenvalue weighted by molar-refractivity contribution is 6.30. The van der Waals surface area contributed by atoms with Crippen molar-refractivity contribution in [2.75, 3.05) is 18.4 Å². The van der Waals surface area contributed by atoms with E-state index in [2.05, 4.69) is 10.3 Å². The zero-order chi connectivity index (χ0) is 24.4. The molecule has 7 nitrogen and oxygen atoms in total. The number of halogens is 1. The zero-order valence-electron chi connectivity index (χ0n) is 19.7. The van der Waals surface area contributed by atoms with Gasteiger partial charge in [-0.15, -0.1) is 0 Å².